The molecule has 3 aromatic rings. The first-order valence-electron chi connectivity index (χ1n) is 12.8. The number of benzene rings is 2. The highest BCUT2D eigenvalue weighted by molar-refractivity contribution is 6.32. The number of hydrogen-bond donors (Lipinski definition) is 1. The van der Waals surface area contributed by atoms with Gasteiger partial charge in [-0.05, 0) is 87.6 Å². The highest BCUT2D eigenvalue weighted by Crippen LogP contribution is 2.29. The number of nitrogens with zero attached hydrogens (tertiary/aromatic N) is 3. The van der Waals surface area contributed by atoms with Gasteiger partial charge in [0.25, 0.3) is 0 Å². The van der Waals surface area contributed by atoms with E-state index in [-0.39, 0.29) is 0 Å². The van der Waals surface area contributed by atoms with Crippen molar-refractivity contribution in [2.45, 2.75) is 65.6 Å². The number of ether oxygens (including phenoxy) is 2. The van der Waals surface area contributed by atoms with Crippen molar-refractivity contribution in [2.75, 3.05) is 26.3 Å². The standard InChI is InChI=1S/C29H38ClN3O3/c1-21-15-27(16-22(2)28(21)30)36-20-29(34)9-12-32(13-10-29)19-25-7-5-8-26(18-25)35-14-6-11-33-24(4)17-23(3)31-33/h5,7-8,15-18,34H,6,9-14,19-20H2,1-4H3. The summed E-state index contributed by atoms with van der Waals surface area (Å²) < 4.78 is 14.0. The number of piperidine rings is 1. The molecule has 2 heterocycles. The first kappa shape index (κ1) is 26.5. The van der Waals surface area contributed by atoms with Crippen molar-refractivity contribution in [1.29, 1.82) is 0 Å². The maximum absolute atomic E-state index is 11.1. The molecular weight excluding hydrogens is 474 g/mol. The number of rotatable bonds is 10. The minimum absolute atomic E-state index is 0.294. The molecule has 2 aromatic carbocycles. The van der Waals surface area contributed by atoms with Crippen LogP contribution in [0, 0.1) is 27.7 Å². The van der Waals surface area contributed by atoms with Crippen LogP contribution >= 0.6 is 11.6 Å². The van der Waals surface area contributed by atoms with Gasteiger partial charge in [0.05, 0.1) is 12.3 Å². The van der Waals surface area contributed by atoms with Crippen molar-refractivity contribution in [3.63, 3.8) is 0 Å². The number of aryl methyl sites for hydroxylation is 5. The molecule has 0 radical (unpaired) electrons. The molecule has 7 heteroatoms. The molecule has 1 aromatic heterocycles. The second kappa shape index (κ2) is 11.7. The predicted molar refractivity (Wildman–Crippen MR) is 144 cm³/mol. The first-order valence-corrected chi connectivity index (χ1v) is 13.2. The molecule has 194 valence electrons. The molecule has 4 rings (SSSR count). The Bertz CT molecular complexity index is 1150. The summed E-state index contributed by atoms with van der Waals surface area (Å²) in [7, 11) is 0. The summed E-state index contributed by atoms with van der Waals surface area (Å²) in [6.07, 6.45) is 2.27. The number of aliphatic hydroxyl groups is 1. The Labute approximate surface area is 219 Å². The average Bonchev–Trinajstić information content (AvgIpc) is 3.17. The maximum Gasteiger partial charge on any atom is 0.120 e. The molecule has 0 aliphatic carbocycles. The smallest absolute Gasteiger partial charge is 0.120 e. The third-order valence-electron chi connectivity index (χ3n) is 6.90. The van der Waals surface area contributed by atoms with Crippen LogP contribution in [0.2, 0.25) is 5.02 Å². The monoisotopic (exact) mass is 511 g/mol. The van der Waals surface area contributed by atoms with E-state index < -0.39 is 5.60 Å². The lowest BCUT2D eigenvalue weighted by molar-refractivity contribution is -0.0537. The van der Waals surface area contributed by atoms with E-state index in [0.717, 1.165) is 65.9 Å². The minimum atomic E-state index is -0.811. The van der Waals surface area contributed by atoms with Crippen LogP contribution in [0.3, 0.4) is 0 Å². The van der Waals surface area contributed by atoms with E-state index in [1.165, 1.54) is 11.3 Å². The minimum Gasteiger partial charge on any atom is -0.494 e. The summed E-state index contributed by atoms with van der Waals surface area (Å²) in [4.78, 5) is 2.38. The largest absolute Gasteiger partial charge is 0.494 e. The second-order valence-corrected chi connectivity index (χ2v) is 10.5. The van der Waals surface area contributed by atoms with Crippen molar-refractivity contribution in [3.05, 3.63) is 75.6 Å². The normalized spacial score (nSPS) is 15.7. The highest BCUT2D eigenvalue weighted by atomic mass is 35.5. The summed E-state index contributed by atoms with van der Waals surface area (Å²) in [6.45, 7) is 12.3. The SMILES string of the molecule is Cc1cc(C)n(CCCOc2cccc(CN3CCC(O)(COc4cc(C)c(Cl)c(C)c4)CC3)c2)n1. The lowest BCUT2D eigenvalue weighted by atomic mass is 9.92. The van der Waals surface area contributed by atoms with E-state index >= 15 is 0 Å². The molecule has 36 heavy (non-hydrogen) atoms. The van der Waals surface area contributed by atoms with Gasteiger partial charge in [-0.1, -0.05) is 23.7 Å². The van der Waals surface area contributed by atoms with Crippen molar-refractivity contribution in [2.24, 2.45) is 0 Å². The Kier molecular flexibility index (Phi) is 8.60. The van der Waals surface area contributed by atoms with Crippen molar-refractivity contribution in [1.82, 2.24) is 14.7 Å². The van der Waals surface area contributed by atoms with Crippen LogP contribution in [0.15, 0.2) is 42.5 Å². The molecule has 1 aliphatic heterocycles. The fourth-order valence-corrected chi connectivity index (χ4v) is 4.89. The molecule has 0 bridgehead atoms. The molecule has 6 nitrogen and oxygen atoms in total. The van der Waals surface area contributed by atoms with E-state index in [4.69, 9.17) is 21.1 Å². The Morgan fingerprint density at radius 3 is 2.36 bits per heavy atom. The van der Waals surface area contributed by atoms with Gasteiger partial charge >= 0.3 is 0 Å². The molecule has 1 saturated heterocycles. The van der Waals surface area contributed by atoms with Gasteiger partial charge in [-0.15, -0.1) is 0 Å². The molecule has 1 aliphatic rings. The molecule has 1 fully saturated rings. The van der Waals surface area contributed by atoms with Crippen LogP contribution in [0.5, 0.6) is 11.5 Å². The van der Waals surface area contributed by atoms with Gasteiger partial charge in [0.15, 0.2) is 0 Å². The molecule has 0 unspecified atom stereocenters. The van der Waals surface area contributed by atoms with Crippen LogP contribution in [0.25, 0.3) is 0 Å². The van der Waals surface area contributed by atoms with Gasteiger partial charge in [0.1, 0.15) is 23.7 Å². The number of likely N-dealkylation sites (tertiary alicyclic amines) is 1. The van der Waals surface area contributed by atoms with Crippen LogP contribution in [0.4, 0.5) is 0 Å². The average molecular weight is 512 g/mol. The molecule has 0 spiro atoms. The summed E-state index contributed by atoms with van der Waals surface area (Å²) in [5.41, 5.74) is 4.63. The van der Waals surface area contributed by atoms with Crippen LogP contribution in [0.1, 0.15) is 47.3 Å². The van der Waals surface area contributed by atoms with E-state index in [9.17, 15) is 5.11 Å². The van der Waals surface area contributed by atoms with E-state index in [0.29, 0.717) is 26.1 Å². The van der Waals surface area contributed by atoms with Gasteiger partial charge < -0.3 is 14.6 Å². The van der Waals surface area contributed by atoms with Gasteiger partial charge in [-0.2, -0.15) is 5.10 Å². The van der Waals surface area contributed by atoms with E-state index in [1.807, 2.05) is 43.7 Å². The first-order chi connectivity index (χ1) is 17.2. The van der Waals surface area contributed by atoms with E-state index in [1.54, 1.807) is 0 Å². The Morgan fingerprint density at radius 1 is 0.972 bits per heavy atom. The molecule has 1 N–H and O–H groups in total. The van der Waals surface area contributed by atoms with E-state index in [2.05, 4.69) is 41.2 Å². The lowest BCUT2D eigenvalue weighted by Gasteiger charge is -2.38. The summed E-state index contributed by atoms with van der Waals surface area (Å²) >= 11 is 6.26. The van der Waals surface area contributed by atoms with Crippen LogP contribution < -0.4 is 9.47 Å². The Morgan fingerprint density at radius 2 is 1.69 bits per heavy atom. The summed E-state index contributed by atoms with van der Waals surface area (Å²) in [5.74, 6) is 1.66. The zero-order chi connectivity index (χ0) is 25.7. The number of halogens is 1. The third-order valence-corrected chi connectivity index (χ3v) is 7.49. The predicted octanol–water partition coefficient (Wildman–Crippen LogP) is 5.65. The number of aromatic nitrogens is 2. The molecule has 0 amide bonds. The Balaban J connectivity index is 1.21. The zero-order valence-electron chi connectivity index (χ0n) is 21.9. The van der Waals surface area contributed by atoms with Crippen LogP contribution in [-0.2, 0) is 13.1 Å². The topological polar surface area (TPSA) is 59.8 Å². The van der Waals surface area contributed by atoms with Crippen molar-refractivity contribution in [3.8, 4) is 11.5 Å². The van der Waals surface area contributed by atoms with Crippen molar-refractivity contribution >= 4 is 11.6 Å². The Hall–Kier alpha value is -2.54. The van der Waals surface area contributed by atoms with Gasteiger partial charge in [-0.25, -0.2) is 0 Å². The second-order valence-electron chi connectivity index (χ2n) is 10.2. The molecular formula is C29H38ClN3O3. The summed E-state index contributed by atoms with van der Waals surface area (Å²) in [6, 6.07) is 14.3. The fraction of sp³-hybridized carbons (Fsp3) is 0.483. The fourth-order valence-electron chi connectivity index (χ4n) is 4.78. The van der Waals surface area contributed by atoms with Gasteiger partial charge in [0.2, 0.25) is 0 Å². The van der Waals surface area contributed by atoms with Gasteiger partial charge in [0, 0.05) is 43.3 Å². The highest BCUT2D eigenvalue weighted by Gasteiger charge is 2.33. The third kappa shape index (κ3) is 7.02. The van der Waals surface area contributed by atoms with Crippen molar-refractivity contribution < 1.29 is 14.6 Å². The summed E-state index contributed by atoms with van der Waals surface area (Å²) in [5, 5.41) is 16.3. The van der Waals surface area contributed by atoms with Crippen LogP contribution in [-0.4, -0.2) is 51.7 Å². The molecule has 0 atom stereocenters. The quantitative estimate of drug-likeness (QED) is 0.357. The van der Waals surface area contributed by atoms with Gasteiger partial charge in [-0.3, -0.25) is 9.58 Å². The lowest BCUT2D eigenvalue weighted by Crippen LogP contribution is -2.47. The number of hydrogen-bond acceptors (Lipinski definition) is 5. The molecule has 0 saturated carbocycles. The maximum atomic E-state index is 11.1. The zero-order valence-corrected chi connectivity index (χ0v) is 22.6.